The van der Waals surface area contributed by atoms with E-state index in [1.54, 1.807) is 0 Å². The van der Waals surface area contributed by atoms with E-state index in [9.17, 15) is 28.9 Å². The predicted molar refractivity (Wildman–Crippen MR) is 261 cm³/mol. The molecule has 0 aliphatic rings. The van der Waals surface area contributed by atoms with Gasteiger partial charge in [-0.25, -0.2) is 4.57 Å². The van der Waals surface area contributed by atoms with E-state index in [1.165, 1.54) is 70.6 Å². The van der Waals surface area contributed by atoms with Crippen molar-refractivity contribution in [3.63, 3.8) is 0 Å². The Kier molecular flexibility index (Phi) is 45.1. The first kappa shape index (κ1) is 61.4. The van der Waals surface area contributed by atoms with Crippen molar-refractivity contribution in [1.29, 1.82) is 0 Å². The molecule has 11 nitrogen and oxygen atoms in total. The number of carbonyl (C=O) groups excluding carboxylic acids is 3. The molecule has 12 heteroatoms. The number of phosphoric ester groups is 1. The van der Waals surface area contributed by atoms with Gasteiger partial charge in [-0.05, 0) is 77.0 Å². The first-order valence-electron chi connectivity index (χ1n) is 25.5. The van der Waals surface area contributed by atoms with Crippen molar-refractivity contribution in [2.75, 3.05) is 26.4 Å². The lowest BCUT2D eigenvalue weighted by atomic mass is 10.1. The van der Waals surface area contributed by atoms with Crippen molar-refractivity contribution in [2.24, 2.45) is 0 Å². The van der Waals surface area contributed by atoms with Gasteiger partial charge in [-0.3, -0.25) is 23.4 Å². The van der Waals surface area contributed by atoms with Crippen molar-refractivity contribution < 1.29 is 52.2 Å². The number of esters is 3. The molecule has 0 saturated carbocycles. The van der Waals surface area contributed by atoms with E-state index in [0.29, 0.717) is 19.3 Å². The predicted octanol–water partition coefficient (Wildman–Crippen LogP) is 14.2. The van der Waals surface area contributed by atoms with Gasteiger partial charge in [0.15, 0.2) is 6.10 Å². The number of hydrogen-bond donors (Lipinski definition) is 2. The van der Waals surface area contributed by atoms with E-state index in [1.807, 2.05) is 0 Å². The smallest absolute Gasteiger partial charge is 0.462 e. The minimum atomic E-state index is -4.74. The van der Waals surface area contributed by atoms with Crippen molar-refractivity contribution in [2.45, 2.75) is 238 Å². The molecule has 0 heterocycles. The third-order valence-electron chi connectivity index (χ3n) is 10.7. The molecule has 0 saturated heterocycles. The van der Waals surface area contributed by atoms with Gasteiger partial charge in [0, 0.05) is 19.3 Å². The molecule has 372 valence electrons. The summed E-state index contributed by atoms with van der Waals surface area (Å²) in [4.78, 5) is 48.2. The second-order valence-corrected chi connectivity index (χ2v) is 18.4. The normalized spacial score (nSPS) is 13.9. The first-order valence-corrected chi connectivity index (χ1v) is 27.0. The Morgan fingerprint density at radius 1 is 0.453 bits per heavy atom. The van der Waals surface area contributed by atoms with Crippen LogP contribution in [0.4, 0.5) is 0 Å². The van der Waals surface area contributed by atoms with Crippen LogP contribution in [0.5, 0.6) is 0 Å². The van der Waals surface area contributed by atoms with Crippen molar-refractivity contribution in [3.8, 4) is 0 Å². The number of unbranched alkanes of at least 4 members (excludes halogenated alkanes) is 22. The highest BCUT2D eigenvalue weighted by Crippen LogP contribution is 2.43. The van der Waals surface area contributed by atoms with Crippen molar-refractivity contribution in [1.82, 2.24) is 0 Å². The van der Waals surface area contributed by atoms with Gasteiger partial charge in [-0.15, -0.1) is 0 Å². The number of hydrogen-bond acceptors (Lipinski definition) is 10. The minimum absolute atomic E-state index is 0.152. The number of rotatable bonds is 47. The molecule has 3 atom stereocenters. The maximum atomic E-state index is 12.8. The summed E-state index contributed by atoms with van der Waals surface area (Å²) in [6.45, 7) is 4.45. The molecule has 0 aromatic heterocycles. The molecule has 0 aromatic rings. The summed E-state index contributed by atoms with van der Waals surface area (Å²) in [5.41, 5.74) is 0. The van der Waals surface area contributed by atoms with Crippen LogP contribution in [-0.2, 0) is 42.2 Å². The highest BCUT2D eigenvalue weighted by Gasteiger charge is 2.28. The summed E-state index contributed by atoms with van der Waals surface area (Å²) in [7, 11) is -4.74. The summed E-state index contributed by atoms with van der Waals surface area (Å²) in [6, 6.07) is 0. The molecule has 0 bridgehead atoms. The molecule has 3 unspecified atom stereocenters. The Labute approximate surface area is 390 Å². The summed E-state index contributed by atoms with van der Waals surface area (Å²) in [5, 5.41) is 9.73. The van der Waals surface area contributed by atoms with Crippen LogP contribution >= 0.6 is 7.82 Å². The Bertz CT molecular complexity index is 1260. The van der Waals surface area contributed by atoms with Gasteiger partial charge in [-0.2, -0.15) is 0 Å². The molecule has 0 rings (SSSR count). The number of phosphoric acid groups is 1. The van der Waals surface area contributed by atoms with E-state index >= 15 is 0 Å². The quantitative estimate of drug-likeness (QED) is 0.0197. The third kappa shape index (κ3) is 44.6. The van der Waals surface area contributed by atoms with Crippen LogP contribution in [-0.4, -0.2) is 66.5 Å². The standard InChI is InChI=1S/C52H93O11P/c1-4-7-10-13-16-19-21-23-24-26-28-31-34-37-40-43-52(56)63-49(45-59-50(54)41-38-35-32-30-27-25-22-20-17-14-11-8-5-2)47-61-64(57,58)60-46-48(44-53)62-51(55)42-39-36-33-29-18-15-12-9-6-3/h8,11,17,20,23-25,27,48-49,53H,4-7,9-10,12-16,18-19,21-22,26,28-47H2,1-3H3,(H,57,58)/b11-8-,20-17-,24-23-,27-25-. The average molecular weight is 925 g/mol. The van der Waals surface area contributed by atoms with Crippen LogP contribution in [0.3, 0.4) is 0 Å². The zero-order valence-corrected chi connectivity index (χ0v) is 41.6. The molecule has 0 amide bonds. The lowest BCUT2D eigenvalue weighted by molar-refractivity contribution is -0.161. The lowest BCUT2D eigenvalue weighted by Crippen LogP contribution is -2.30. The number of ether oxygens (including phenoxy) is 3. The summed E-state index contributed by atoms with van der Waals surface area (Å²) >= 11 is 0. The third-order valence-corrected chi connectivity index (χ3v) is 11.7. The van der Waals surface area contributed by atoms with Gasteiger partial charge in [0.1, 0.15) is 12.7 Å². The van der Waals surface area contributed by atoms with Gasteiger partial charge in [0.25, 0.3) is 0 Å². The number of allylic oxidation sites excluding steroid dienone is 8. The van der Waals surface area contributed by atoms with Gasteiger partial charge >= 0.3 is 25.7 Å². The van der Waals surface area contributed by atoms with Gasteiger partial charge in [-0.1, -0.05) is 179 Å². The SMILES string of the molecule is CC/C=C\C/C=C\C/C=C\CCCCCC(=O)OCC(COP(=O)(O)OCC(CO)OC(=O)CCCCCCCCCCC)OC(=O)CCCCCCC/C=C\CCCCCCCC. The maximum absolute atomic E-state index is 12.8. The molecular weight excluding hydrogens is 832 g/mol. The molecule has 0 aliphatic heterocycles. The molecule has 0 radical (unpaired) electrons. The fourth-order valence-corrected chi connectivity index (χ4v) is 7.62. The summed E-state index contributed by atoms with van der Waals surface area (Å²) < 4.78 is 39.2. The highest BCUT2D eigenvalue weighted by molar-refractivity contribution is 7.47. The number of aliphatic hydroxyl groups excluding tert-OH is 1. The van der Waals surface area contributed by atoms with E-state index in [4.69, 9.17) is 23.3 Å². The van der Waals surface area contributed by atoms with E-state index in [-0.39, 0.29) is 25.9 Å². The summed E-state index contributed by atoms with van der Waals surface area (Å²) in [5.74, 6) is -1.51. The molecular formula is C52H93O11P. The molecule has 2 N–H and O–H groups in total. The maximum Gasteiger partial charge on any atom is 0.472 e. The monoisotopic (exact) mass is 925 g/mol. The van der Waals surface area contributed by atoms with Crippen LogP contribution in [0.1, 0.15) is 226 Å². The molecule has 0 aromatic carbocycles. The molecule has 0 aliphatic carbocycles. The van der Waals surface area contributed by atoms with E-state index < -0.39 is 57.8 Å². The molecule has 64 heavy (non-hydrogen) atoms. The largest absolute Gasteiger partial charge is 0.472 e. The zero-order chi connectivity index (χ0) is 47.0. The average Bonchev–Trinajstić information content (AvgIpc) is 3.28. The van der Waals surface area contributed by atoms with E-state index in [0.717, 1.165) is 96.3 Å². The minimum Gasteiger partial charge on any atom is -0.462 e. The van der Waals surface area contributed by atoms with Crippen molar-refractivity contribution >= 4 is 25.7 Å². The molecule has 0 spiro atoms. The number of carbonyl (C=O) groups is 3. The summed E-state index contributed by atoms with van der Waals surface area (Å²) in [6.07, 6.45) is 46.6. The topological polar surface area (TPSA) is 155 Å². The fourth-order valence-electron chi connectivity index (χ4n) is 6.83. The van der Waals surface area contributed by atoms with E-state index in [2.05, 4.69) is 69.4 Å². The highest BCUT2D eigenvalue weighted by atomic mass is 31.2. The Balaban J connectivity index is 4.80. The van der Waals surface area contributed by atoms with Gasteiger partial charge in [0.05, 0.1) is 19.8 Å². The lowest BCUT2D eigenvalue weighted by Gasteiger charge is -2.21. The first-order chi connectivity index (χ1) is 31.2. The zero-order valence-electron chi connectivity index (χ0n) is 40.7. The van der Waals surface area contributed by atoms with Crippen LogP contribution in [0.15, 0.2) is 48.6 Å². The van der Waals surface area contributed by atoms with Crippen LogP contribution in [0.2, 0.25) is 0 Å². The second kappa shape index (κ2) is 47.0. The fraction of sp³-hybridized carbons (Fsp3) is 0.788. The Hall–Kier alpha value is -2.56. The molecule has 0 fully saturated rings. The Morgan fingerprint density at radius 3 is 1.28 bits per heavy atom. The van der Waals surface area contributed by atoms with Gasteiger partial charge in [0.2, 0.25) is 0 Å². The number of aliphatic hydroxyl groups is 1. The second-order valence-electron chi connectivity index (χ2n) is 17.0. The van der Waals surface area contributed by atoms with Crippen molar-refractivity contribution in [3.05, 3.63) is 48.6 Å². The Morgan fingerprint density at radius 2 is 0.812 bits per heavy atom. The van der Waals surface area contributed by atoms with Gasteiger partial charge < -0.3 is 24.2 Å². The van der Waals surface area contributed by atoms with Crippen LogP contribution in [0, 0.1) is 0 Å². The van der Waals surface area contributed by atoms with Crippen LogP contribution < -0.4 is 0 Å². The van der Waals surface area contributed by atoms with Crippen LogP contribution in [0.25, 0.3) is 0 Å².